The summed E-state index contributed by atoms with van der Waals surface area (Å²) in [6.07, 6.45) is 1.24. The van der Waals surface area contributed by atoms with E-state index in [1.807, 2.05) is 36.4 Å². The average molecular weight is 354 g/mol. The molecule has 0 fully saturated rings. The highest BCUT2D eigenvalue weighted by molar-refractivity contribution is 9.11. The summed E-state index contributed by atoms with van der Waals surface area (Å²) in [6.45, 7) is 1.07. The van der Waals surface area contributed by atoms with Gasteiger partial charge in [-0.2, -0.15) is 0 Å². The maximum absolute atomic E-state index is 11.6. The van der Waals surface area contributed by atoms with Crippen LogP contribution in [0.25, 0.3) is 0 Å². The molecule has 0 saturated carbocycles. The Hall–Kier alpha value is -1.33. The summed E-state index contributed by atoms with van der Waals surface area (Å²) in [5.41, 5.74) is 0. The fourth-order valence-corrected chi connectivity index (χ4v) is 3.16. The molecule has 0 aliphatic rings. The largest absolute Gasteiger partial charge is 0.493 e. The van der Waals surface area contributed by atoms with Crippen LogP contribution in [0, 0.1) is 0 Å². The number of hydrogen-bond donors (Lipinski definition) is 1. The zero-order valence-electron chi connectivity index (χ0n) is 11.0. The second-order valence-corrected chi connectivity index (χ2v) is 6.76. The highest BCUT2D eigenvalue weighted by Gasteiger charge is 2.03. The molecule has 106 valence electrons. The van der Waals surface area contributed by atoms with Crippen LogP contribution in [-0.2, 0) is 11.2 Å². The van der Waals surface area contributed by atoms with E-state index < -0.39 is 0 Å². The number of carbonyl (C=O) groups is 1. The summed E-state index contributed by atoms with van der Waals surface area (Å²) in [5, 5.41) is 2.90. The molecule has 0 saturated heterocycles. The van der Waals surface area contributed by atoms with E-state index in [1.165, 1.54) is 4.88 Å². The number of amides is 1. The van der Waals surface area contributed by atoms with Gasteiger partial charge in [0.25, 0.3) is 0 Å². The molecule has 1 aromatic carbocycles. The molecule has 1 heterocycles. The summed E-state index contributed by atoms with van der Waals surface area (Å²) in [6, 6.07) is 13.6. The van der Waals surface area contributed by atoms with Crippen molar-refractivity contribution >= 4 is 33.2 Å². The lowest BCUT2D eigenvalue weighted by atomic mass is 10.3. The number of halogens is 1. The highest BCUT2D eigenvalue weighted by atomic mass is 79.9. The number of nitrogens with one attached hydrogen (secondary N) is 1. The van der Waals surface area contributed by atoms with Crippen LogP contribution in [-0.4, -0.2) is 19.1 Å². The van der Waals surface area contributed by atoms with E-state index >= 15 is 0 Å². The molecule has 0 radical (unpaired) electrons. The fraction of sp³-hybridized carbons (Fsp3) is 0.267. The van der Waals surface area contributed by atoms with Gasteiger partial charge in [-0.3, -0.25) is 4.79 Å². The maximum Gasteiger partial charge on any atom is 0.223 e. The second-order valence-electron chi connectivity index (χ2n) is 4.22. The van der Waals surface area contributed by atoms with Crippen LogP contribution in [0.1, 0.15) is 11.3 Å². The lowest BCUT2D eigenvalue weighted by molar-refractivity contribution is -0.121. The number of hydrogen-bond acceptors (Lipinski definition) is 3. The summed E-state index contributed by atoms with van der Waals surface area (Å²) in [7, 11) is 0. The summed E-state index contributed by atoms with van der Waals surface area (Å²) in [4.78, 5) is 12.9. The molecule has 0 spiro atoms. The number of rotatable bonds is 7. The zero-order chi connectivity index (χ0) is 14.2. The Bertz CT molecular complexity index is 542. The summed E-state index contributed by atoms with van der Waals surface area (Å²) >= 11 is 5.12. The van der Waals surface area contributed by atoms with Gasteiger partial charge in [-0.15, -0.1) is 11.3 Å². The molecule has 0 aliphatic carbocycles. The van der Waals surface area contributed by atoms with E-state index in [1.54, 1.807) is 11.3 Å². The Balaban J connectivity index is 1.59. The van der Waals surface area contributed by atoms with E-state index in [-0.39, 0.29) is 5.91 Å². The van der Waals surface area contributed by atoms with E-state index in [9.17, 15) is 4.79 Å². The van der Waals surface area contributed by atoms with E-state index in [0.717, 1.165) is 16.0 Å². The number of ether oxygens (including phenoxy) is 1. The standard InChI is InChI=1S/C15H16BrNO2S/c16-14-7-6-13(20-14)8-10-17-15(18)9-11-19-12-4-2-1-3-5-12/h1-7H,8-11H2,(H,17,18). The van der Waals surface area contributed by atoms with Crippen molar-refractivity contribution in [2.75, 3.05) is 13.2 Å². The Morgan fingerprint density at radius 2 is 2.00 bits per heavy atom. The molecule has 1 aromatic heterocycles. The van der Waals surface area contributed by atoms with Gasteiger partial charge in [-0.05, 0) is 46.6 Å². The molecule has 5 heteroatoms. The lowest BCUT2D eigenvalue weighted by Gasteiger charge is -2.06. The quantitative estimate of drug-likeness (QED) is 0.825. The maximum atomic E-state index is 11.6. The predicted molar refractivity (Wildman–Crippen MR) is 85.3 cm³/mol. The molecule has 0 unspecified atom stereocenters. The molecular formula is C15H16BrNO2S. The van der Waals surface area contributed by atoms with Crippen LogP contribution in [0.15, 0.2) is 46.3 Å². The molecule has 0 aliphatic heterocycles. The molecule has 0 atom stereocenters. The topological polar surface area (TPSA) is 38.3 Å². The Morgan fingerprint density at radius 3 is 2.70 bits per heavy atom. The molecule has 20 heavy (non-hydrogen) atoms. The van der Waals surface area contributed by atoms with Gasteiger partial charge in [0, 0.05) is 11.4 Å². The lowest BCUT2D eigenvalue weighted by Crippen LogP contribution is -2.26. The van der Waals surface area contributed by atoms with Crippen molar-refractivity contribution in [1.29, 1.82) is 0 Å². The van der Waals surface area contributed by atoms with Gasteiger partial charge in [0.15, 0.2) is 0 Å². The minimum absolute atomic E-state index is 0.0246. The number of carbonyl (C=O) groups excluding carboxylic acids is 1. The van der Waals surface area contributed by atoms with Crippen molar-refractivity contribution in [2.24, 2.45) is 0 Å². The first-order chi connectivity index (χ1) is 9.74. The fourth-order valence-electron chi connectivity index (χ4n) is 1.68. The van der Waals surface area contributed by atoms with Crippen molar-refractivity contribution in [1.82, 2.24) is 5.32 Å². The van der Waals surface area contributed by atoms with Gasteiger partial charge in [0.1, 0.15) is 5.75 Å². The van der Waals surface area contributed by atoms with Crippen molar-refractivity contribution in [3.05, 3.63) is 51.1 Å². The van der Waals surface area contributed by atoms with Crippen molar-refractivity contribution < 1.29 is 9.53 Å². The molecule has 2 aromatic rings. The second kappa shape index (κ2) is 8.07. The third kappa shape index (κ3) is 5.35. The minimum atomic E-state index is 0.0246. The van der Waals surface area contributed by atoms with Crippen LogP contribution in [0.2, 0.25) is 0 Å². The molecule has 3 nitrogen and oxygen atoms in total. The third-order valence-electron chi connectivity index (χ3n) is 2.66. The van der Waals surface area contributed by atoms with Crippen LogP contribution < -0.4 is 10.1 Å². The van der Waals surface area contributed by atoms with Gasteiger partial charge in [0.2, 0.25) is 5.91 Å². The first kappa shape index (κ1) is 15.1. The summed E-state index contributed by atoms with van der Waals surface area (Å²) in [5.74, 6) is 0.820. The van der Waals surface area contributed by atoms with Crippen LogP contribution in [0.3, 0.4) is 0 Å². The molecule has 1 amide bonds. The monoisotopic (exact) mass is 353 g/mol. The van der Waals surface area contributed by atoms with E-state index in [4.69, 9.17) is 4.74 Å². The number of benzene rings is 1. The Kier molecular flexibility index (Phi) is 6.08. The highest BCUT2D eigenvalue weighted by Crippen LogP contribution is 2.22. The molecule has 0 bridgehead atoms. The smallest absolute Gasteiger partial charge is 0.223 e. The number of para-hydroxylation sites is 1. The molecular weight excluding hydrogens is 338 g/mol. The molecule has 1 N–H and O–H groups in total. The minimum Gasteiger partial charge on any atom is -0.493 e. The SMILES string of the molecule is O=C(CCOc1ccccc1)NCCc1ccc(Br)s1. The van der Waals surface area contributed by atoms with Gasteiger partial charge in [-0.1, -0.05) is 18.2 Å². The van der Waals surface area contributed by atoms with Gasteiger partial charge < -0.3 is 10.1 Å². The summed E-state index contributed by atoms with van der Waals surface area (Å²) < 4.78 is 6.60. The number of thiophene rings is 1. The van der Waals surface area contributed by atoms with Crippen LogP contribution >= 0.6 is 27.3 Å². The Labute approximate surface area is 131 Å². The van der Waals surface area contributed by atoms with Crippen LogP contribution in [0.4, 0.5) is 0 Å². The first-order valence-corrected chi connectivity index (χ1v) is 8.04. The normalized spacial score (nSPS) is 10.2. The van der Waals surface area contributed by atoms with E-state index in [0.29, 0.717) is 19.6 Å². The Morgan fingerprint density at radius 1 is 1.20 bits per heavy atom. The van der Waals surface area contributed by atoms with Crippen molar-refractivity contribution in [3.8, 4) is 5.75 Å². The van der Waals surface area contributed by atoms with E-state index in [2.05, 4.69) is 27.3 Å². The van der Waals surface area contributed by atoms with Gasteiger partial charge in [0.05, 0.1) is 16.8 Å². The van der Waals surface area contributed by atoms with Crippen LogP contribution in [0.5, 0.6) is 5.75 Å². The molecule has 2 rings (SSSR count). The van der Waals surface area contributed by atoms with Crippen molar-refractivity contribution in [2.45, 2.75) is 12.8 Å². The van der Waals surface area contributed by atoms with Gasteiger partial charge in [-0.25, -0.2) is 0 Å². The van der Waals surface area contributed by atoms with Crippen molar-refractivity contribution in [3.63, 3.8) is 0 Å². The van der Waals surface area contributed by atoms with Gasteiger partial charge >= 0.3 is 0 Å². The average Bonchev–Trinajstić information content (AvgIpc) is 2.86. The third-order valence-corrected chi connectivity index (χ3v) is 4.35. The first-order valence-electron chi connectivity index (χ1n) is 6.43. The predicted octanol–water partition coefficient (Wildman–Crippen LogP) is 3.64. The zero-order valence-corrected chi connectivity index (χ0v) is 13.4.